The van der Waals surface area contributed by atoms with Gasteiger partial charge in [-0.1, -0.05) is 48.5 Å². The molecule has 34 heavy (non-hydrogen) atoms. The molecule has 2 N–H and O–H groups in total. The number of alkyl halides is 2. The average Bonchev–Trinajstić information content (AvgIpc) is 3.61. The molecule has 2 aliphatic carbocycles. The highest BCUT2D eigenvalue weighted by Gasteiger charge is 2.56. The average molecular weight is 472 g/mol. The summed E-state index contributed by atoms with van der Waals surface area (Å²) >= 11 is 0. The van der Waals surface area contributed by atoms with Crippen LogP contribution in [0.5, 0.6) is 0 Å². The third-order valence-electron chi connectivity index (χ3n) is 6.38. The first-order valence-corrected chi connectivity index (χ1v) is 11.2. The SMILES string of the molecule is CCN(CC(=O)O)C(=O)C(F)(F)C(NC(=O)OCC1c2ccccc2-c2ccccc21)C1CC1. The molecule has 7 nitrogen and oxygen atoms in total. The Morgan fingerprint density at radius 1 is 1.09 bits per heavy atom. The van der Waals surface area contributed by atoms with E-state index in [0.29, 0.717) is 17.7 Å². The van der Waals surface area contributed by atoms with E-state index in [-0.39, 0.29) is 19.1 Å². The zero-order valence-corrected chi connectivity index (χ0v) is 18.7. The Hall–Kier alpha value is -3.49. The van der Waals surface area contributed by atoms with E-state index in [1.165, 1.54) is 6.92 Å². The first-order chi connectivity index (χ1) is 16.2. The highest BCUT2D eigenvalue weighted by atomic mass is 19.3. The Balaban J connectivity index is 1.45. The van der Waals surface area contributed by atoms with E-state index >= 15 is 8.78 Å². The van der Waals surface area contributed by atoms with Gasteiger partial charge in [0.05, 0.1) is 0 Å². The number of fused-ring (bicyclic) bond motifs is 3. The fourth-order valence-electron chi connectivity index (χ4n) is 4.54. The number of carboxylic acids is 1. The van der Waals surface area contributed by atoms with E-state index in [2.05, 4.69) is 5.32 Å². The summed E-state index contributed by atoms with van der Waals surface area (Å²) in [4.78, 5) is 36.5. The van der Waals surface area contributed by atoms with E-state index in [9.17, 15) is 14.4 Å². The first kappa shape index (κ1) is 23.7. The molecular weight excluding hydrogens is 446 g/mol. The van der Waals surface area contributed by atoms with Crippen LogP contribution in [0.25, 0.3) is 11.1 Å². The smallest absolute Gasteiger partial charge is 0.407 e. The summed E-state index contributed by atoms with van der Waals surface area (Å²) in [6.45, 7) is 0.342. The molecule has 0 spiro atoms. The second kappa shape index (κ2) is 9.40. The van der Waals surface area contributed by atoms with E-state index in [4.69, 9.17) is 9.84 Å². The number of likely N-dealkylation sites (N-methyl/N-ethyl adjacent to an activating group) is 1. The van der Waals surface area contributed by atoms with Crippen molar-refractivity contribution in [1.82, 2.24) is 10.2 Å². The van der Waals surface area contributed by atoms with Gasteiger partial charge in [-0.15, -0.1) is 0 Å². The number of benzene rings is 2. The molecule has 0 saturated heterocycles. The second-order valence-corrected chi connectivity index (χ2v) is 8.62. The lowest BCUT2D eigenvalue weighted by Crippen LogP contribution is -2.58. The van der Waals surface area contributed by atoms with Gasteiger partial charge in [-0.3, -0.25) is 9.59 Å². The number of rotatable bonds is 9. The number of ether oxygens (including phenoxy) is 1. The molecule has 1 atom stereocenters. The number of carbonyl (C=O) groups excluding carboxylic acids is 2. The molecule has 0 heterocycles. The monoisotopic (exact) mass is 472 g/mol. The van der Waals surface area contributed by atoms with Gasteiger partial charge in [0.2, 0.25) is 0 Å². The largest absolute Gasteiger partial charge is 0.480 e. The third kappa shape index (κ3) is 4.60. The van der Waals surface area contributed by atoms with Crippen molar-refractivity contribution in [3.8, 4) is 11.1 Å². The van der Waals surface area contributed by atoms with Gasteiger partial charge in [0.15, 0.2) is 0 Å². The number of carbonyl (C=O) groups is 3. The van der Waals surface area contributed by atoms with Crippen LogP contribution in [0.4, 0.5) is 13.6 Å². The molecule has 0 aliphatic heterocycles. The van der Waals surface area contributed by atoms with Crippen molar-refractivity contribution < 1.29 is 33.0 Å². The van der Waals surface area contributed by atoms with Crippen molar-refractivity contribution in [2.24, 2.45) is 5.92 Å². The van der Waals surface area contributed by atoms with Crippen molar-refractivity contribution in [3.63, 3.8) is 0 Å². The molecule has 2 aromatic rings. The minimum atomic E-state index is -3.96. The normalized spacial score (nSPS) is 15.7. The Morgan fingerprint density at radius 3 is 2.15 bits per heavy atom. The molecule has 4 rings (SSSR count). The molecule has 0 radical (unpaired) electrons. The van der Waals surface area contributed by atoms with E-state index in [1.54, 1.807) is 0 Å². The molecule has 1 fully saturated rings. The van der Waals surface area contributed by atoms with E-state index in [0.717, 1.165) is 22.3 Å². The lowest BCUT2D eigenvalue weighted by atomic mass is 9.98. The van der Waals surface area contributed by atoms with Gasteiger partial charge in [-0.2, -0.15) is 8.78 Å². The molecular formula is C25H26F2N2O5. The molecule has 9 heteroatoms. The summed E-state index contributed by atoms with van der Waals surface area (Å²) in [6.07, 6.45) is -0.169. The van der Waals surface area contributed by atoms with Gasteiger partial charge in [0.25, 0.3) is 5.91 Å². The number of alkyl carbamates (subject to hydrolysis) is 1. The number of halogens is 2. The van der Waals surface area contributed by atoms with Gasteiger partial charge >= 0.3 is 18.0 Å². The molecule has 2 aliphatic rings. The van der Waals surface area contributed by atoms with Crippen LogP contribution in [-0.2, 0) is 14.3 Å². The summed E-state index contributed by atoms with van der Waals surface area (Å²) in [5, 5.41) is 11.1. The molecule has 1 unspecified atom stereocenters. The van der Waals surface area contributed by atoms with Crippen LogP contribution < -0.4 is 5.32 Å². The first-order valence-electron chi connectivity index (χ1n) is 11.2. The zero-order valence-electron chi connectivity index (χ0n) is 18.7. The number of hydrogen-bond acceptors (Lipinski definition) is 4. The van der Waals surface area contributed by atoms with Crippen molar-refractivity contribution in [2.75, 3.05) is 19.7 Å². The summed E-state index contributed by atoms with van der Waals surface area (Å²) in [6, 6.07) is 13.7. The molecule has 2 aromatic carbocycles. The Kier molecular flexibility index (Phi) is 6.54. The molecule has 180 valence electrons. The van der Waals surface area contributed by atoms with Gasteiger partial charge < -0.3 is 20.1 Å². The van der Waals surface area contributed by atoms with Gasteiger partial charge in [-0.25, -0.2) is 4.79 Å². The second-order valence-electron chi connectivity index (χ2n) is 8.62. The van der Waals surface area contributed by atoms with Crippen LogP contribution in [0.1, 0.15) is 36.8 Å². The number of amides is 2. The van der Waals surface area contributed by atoms with Gasteiger partial charge in [-0.05, 0) is 47.9 Å². The van der Waals surface area contributed by atoms with Gasteiger partial charge in [0, 0.05) is 12.5 Å². The molecule has 0 aromatic heterocycles. The Labute approximate surface area is 195 Å². The van der Waals surface area contributed by atoms with Gasteiger partial charge in [0.1, 0.15) is 19.2 Å². The lowest BCUT2D eigenvalue weighted by molar-refractivity contribution is -0.165. The maximum atomic E-state index is 15.1. The maximum absolute atomic E-state index is 15.1. The molecule has 0 bridgehead atoms. The summed E-state index contributed by atoms with van der Waals surface area (Å²) in [5.41, 5.74) is 4.06. The van der Waals surface area contributed by atoms with Crippen molar-refractivity contribution in [2.45, 2.75) is 37.6 Å². The van der Waals surface area contributed by atoms with Crippen LogP contribution in [0.15, 0.2) is 48.5 Å². The van der Waals surface area contributed by atoms with Crippen LogP contribution in [-0.4, -0.2) is 59.6 Å². The third-order valence-corrected chi connectivity index (χ3v) is 6.38. The number of nitrogens with zero attached hydrogens (tertiary/aromatic N) is 1. The highest BCUT2D eigenvalue weighted by Crippen LogP contribution is 2.45. The minimum Gasteiger partial charge on any atom is -0.480 e. The summed E-state index contributed by atoms with van der Waals surface area (Å²) in [5.74, 6) is -7.78. The zero-order chi connectivity index (χ0) is 24.5. The number of carboxylic acid groups (broad SMARTS) is 1. The maximum Gasteiger partial charge on any atom is 0.407 e. The predicted octanol–water partition coefficient (Wildman–Crippen LogP) is 3.87. The topological polar surface area (TPSA) is 95.9 Å². The number of nitrogens with one attached hydrogen (secondary N) is 1. The number of hydrogen-bond donors (Lipinski definition) is 2. The fraction of sp³-hybridized carbons (Fsp3) is 0.400. The number of aliphatic carboxylic acids is 1. The van der Waals surface area contributed by atoms with Crippen molar-refractivity contribution >= 4 is 18.0 Å². The van der Waals surface area contributed by atoms with Crippen molar-refractivity contribution in [1.29, 1.82) is 0 Å². The summed E-state index contributed by atoms with van der Waals surface area (Å²) in [7, 11) is 0. The van der Waals surface area contributed by atoms with Crippen LogP contribution >= 0.6 is 0 Å². The highest BCUT2D eigenvalue weighted by molar-refractivity contribution is 5.88. The minimum absolute atomic E-state index is 0.0448. The Morgan fingerprint density at radius 2 is 1.65 bits per heavy atom. The predicted molar refractivity (Wildman–Crippen MR) is 120 cm³/mol. The standard InChI is InChI=1S/C25H26F2N2O5/c1-2-29(13-21(30)31)23(32)25(26,27)22(15-11-12-15)28-24(33)34-14-20-18-9-5-3-7-16(18)17-8-4-6-10-19(17)20/h3-10,15,20,22H,2,11-14H2,1H3,(H,28,33)(H,30,31). The van der Waals surface area contributed by atoms with Crippen LogP contribution in [0.2, 0.25) is 0 Å². The quantitative estimate of drug-likeness (QED) is 0.578. The lowest BCUT2D eigenvalue weighted by Gasteiger charge is -2.30. The molecule has 1 saturated carbocycles. The van der Waals surface area contributed by atoms with Crippen LogP contribution in [0, 0.1) is 5.92 Å². The fourth-order valence-corrected chi connectivity index (χ4v) is 4.54. The molecule has 2 amide bonds. The van der Waals surface area contributed by atoms with E-state index in [1.807, 2.05) is 48.5 Å². The van der Waals surface area contributed by atoms with E-state index < -0.39 is 42.4 Å². The van der Waals surface area contributed by atoms with Crippen molar-refractivity contribution in [3.05, 3.63) is 59.7 Å². The summed E-state index contributed by atoms with van der Waals surface area (Å²) < 4.78 is 35.6. The van der Waals surface area contributed by atoms with Crippen LogP contribution in [0.3, 0.4) is 0 Å². The Bertz CT molecular complexity index is 1060.